The molecule has 0 fully saturated rings. The average Bonchev–Trinajstić information content (AvgIpc) is 3.84. The summed E-state index contributed by atoms with van der Waals surface area (Å²) < 4.78 is 0. The number of aromatic nitrogens is 3. The van der Waals surface area contributed by atoms with Gasteiger partial charge in [-0.2, -0.15) is 0 Å². The second-order valence-corrected chi connectivity index (χ2v) is 16.2. The minimum atomic E-state index is -0.545. The summed E-state index contributed by atoms with van der Waals surface area (Å²) in [5.41, 5.74) is 16.6. The Morgan fingerprint density at radius 3 is 0.871 bits per heavy atom. The highest BCUT2D eigenvalue weighted by Crippen LogP contribution is 2.58. The van der Waals surface area contributed by atoms with Crippen molar-refractivity contribution in [3.8, 4) is 56.4 Å². The van der Waals surface area contributed by atoms with Crippen LogP contribution in [0.2, 0.25) is 0 Å². The van der Waals surface area contributed by atoms with Crippen LogP contribution < -0.4 is 0 Å². The van der Waals surface area contributed by atoms with Gasteiger partial charge in [-0.15, -0.1) is 0 Å². The molecule has 290 valence electrons. The van der Waals surface area contributed by atoms with Crippen LogP contribution in [0.5, 0.6) is 0 Å². The number of nitrogens with zero attached hydrogens (tertiary/aromatic N) is 3. The molecule has 0 unspecified atom stereocenters. The van der Waals surface area contributed by atoms with E-state index in [1.54, 1.807) is 0 Å². The van der Waals surface area contributed by atoms with Gasteiger partial charge in [-0.05, 0) is 78.9 Å². The van der Waals surface area contributed by atoms with Gasteiger partial charge >= 0.3 is 0 Å². The Labute approximate surface area is 361 Å². The largest absolute Gasteiger partial charge is 0.208 e. The number of fused-ring (bicyclic) bond motifs is 6. The van der Waals surface area contributed by atoms with Crippen LogP contribution in [0.3, 0.4) is 0 Å². The third-order valence-electron chi connectivity index (χ3n) is 13.1. The van der Waals surface area contributed by atoms with Gasteiger partial charge < -0.3 is 0 Å². The topological polar surface area (TPSA) is 38.7 Å². The van der Waals surface area contributed by atoms with Crippen molar-refractivity contribution in [2.45, 2.75) is 10.8 Å². The van der Waals surface area contributed by atoms with Crippen molar-refractivity contribution < 1.29 is 0 Å². The Morgan fingerprint density at radius 1 is 0.226 bits per heavy atom. The molecule has 0 bridgehead atoms. The Bertz CT molecular complexity index is 3010. The lowest BCUT2D eigenvalue weighted by atomic mass is 9.67. The first-order valence-corrected chi connectivity index (χ1v) is 21.3. The van der Waals surface area contributed by atoms with Crippen molar-refractivity contribution in [3.63, 3.8) is 0 Å². The number of hydrogen-bond donors (Lipinski definition) is 0. The molecule has 62 heavy (non-hydrogen) atoms. The molecule has 0 radical (unpaired) electrons. The average molecular weight is 790 g/mol. The highest BCUT2D eigenvalue weighted by atomic mass is 15.0. The number of benzene rings is 9. The Morgan fingerprint density at radius 2 is 0.500 bits per heavy atom. The zero-order chi connectivity index (χ0) is 41.1. The van der Waals surface area contributed by atoms with E-state index in [2.05, 4.69) is 218 Å². The third kappa shape index (κ3) is 5.28. The lowest BCUT2D eigenvalue weighted by Gasteiger charge is -2.34. The molecular weight excluding hydrogens is 751 g/mol. The van der Waals surface area contributed by atoms with E-state index in [1.165, 1.54) is 55.6 Å². The summed E-state index contributed by atoms with van der Waals surface area (Å²) in [7, 11) is 0. The van der Waals surface area contributed by atoms with Crippen molar-refractivity contribution in [1.29, 1.82) is 0 Å². The molecule has 10 aromatic rings. The lowest BCUT2D eigenvalue weighted by molar-refractivity contribution is 0.768. The van der Waals surface area contributed by atoms with Crippen LogP contribution in [-0.4, -0.2) is 15.0 Å². The maximum Gasteiger partial charge on any atom is 0.164 e. The molecule has 2 aliphatic carbocycles. The van der Waals surface area contributed by atoms with Crippen LogP contribution >= 0.6 is 0 Å². The predicted octanol–water partition coefficient (Wildman–Crippen LogP) is 13.6. The fourth-order valence-electron chi connectivity index (χ4n) is 10.6. The van der Waals surface area contributed by atoms with E-state index in [4.69, 9.17) is 15.0 Å². The molecule has 1 heterocycles. The molecule has 0 aliphatic heterocycles. The fraction of sp³-hybridized carbons (Fsp3) is 0.0339. The van der Waals surface area contributed by atoms with E-state index in [0.29, 0.717) is 17.5 Å². The first-order valence-electron chi connectivity index (χ1n) is 21.3. The van der Waals surface area contributed by atoms with E-state index in [-0.39, 0.29) is 0 Å². The van der Waals surface area contributed by atoms with Gasteiger partial charge in [-0.3, -0.25) is 0 Å². The summed E-state index contributed by atoms with van der Waals surface area (Å²) in [6.07, 6.45) is 0. The SMILES string of the molecule is c1ccc(-c2nc(-c3cccc(C4(c5ccccc5)c5ccccc5-c5ccccc54)c3)nc(-c3cccc(C4(c5ccccc5)c5ccccc5-c5ccccc54)c3)n2)cc1. The molecule has 0 N–H and O–H groups in total. The first-order chi connectivity index (χ1) is 30.7. The normalized spacial score (nSPS) is 13.7. The maximum absolute atomic E-state index is 5.38. The Kier molecular flexibility index (Phi) is 8.29. The Hall–Kier alpha value is -8.01. The fourth-order valence-corrected chi connectivity index (χ4v) is 10.6. The summed E-state index contributed by atoms with van der Waals surface area (Å²) in [5, 5.41) is 0. The van der Waals surface area contributed by atoms with E-state index < -0.39 is 10.8 Å². The Balaban J connectivity index is 1.07. The minimum Gasteiger partial charge on any atom is -0.208 e. The number of rotatable bonds is 7. The van der Waals surface area contributed by atoms with E-state index in [0.717, 1.165) is 27.8 Å². The van der Waals surface area contributed by atoms with Gasteiger partial charge in [0.05, 0.1) is 10.8 Å². The van der Waals surface area contributed by atoms with Gasteiger partial charge in [0.25, 0.3) is 0 Å². The second kappa shape index (κ2) is 14.3. The third-order valence-corrected chi connectivity index (χ3v) is 13.1. The van der Waals surface area contributed by atoms with Crippen LogP contribution in [0.25, 0.3) is 56.4 Å². The van der Waals surface area contributed by atoms with Crippen molar-refractivity contribution in [3.05, 3.63) is 281 Å². The smallest absolute Gasteiger partial charge is 0.164 e. The van der Waals surface area contributed by atoms with Gasteiger partial charge in [0.1, 0.15) is 0 Å². The molecule has 0 saturated heterocycles. The highest BCUT2D eigenvalue weighted by molar-refractivity contribution is 5.88. The van der Waals surface area contributed by atoms with Gasteiger partial charge in [0, 0.05) is 16.7 Å². The van der Waals surface area contributed by atoms with Gasteiger partial charge in [0.2, 0.25) is 0 Å². The standard InChI is InChI=1S/C59H39N3/c1-4-20-40(21-5-1)55-60-56(41-22-18-28-45(38-41)58(43-24-6-2-7-25-43)51-34-14-10-30-47(51)48-31-11-15-35-52(48)58)62-57(61-55)42-23-19-29-46(39-42)59(44-26-8-3-9-27-44)53-36-16-12-32-49(53)50-33-13-17-37-54(50)59/h1-39H. The maximum atomic E-state index is 5.38. The quantitative estimate of drug-likeness (QED) is 0.161. The summed E-state index contributed by atoms with van der Waals surface area (Å²) in [6, 6.07) is 85.2. The molecule has 0 saturated carbocycles. The molecular formula is C59H39N3. The molecule has 12 rings (SSSR count). The van der Waals surface area contributed by atoms with Gasteiger partial charge in [-0.25, -0.2) is 15.0 Å². The monoisotopic (exact) mass is 789 g/mol. The molecule has 1 aromatic heterocycles. The highest BCUT2D eigenvalue weighted by Gasteiger charge is 2.47. The van der Waals surface area contributed by atoms with Crippen LogP contribution in [0.1, 0.15) is 44.5 Å². The lowest BCUT2D eigenvalue weighted by Crippen LogP contribution is -2.28. The first kappa shape index (κ1) is 35.9. The van der Waals surface area contributed by atoms with Crippen molar-refractivity contribution >= 4 is 0 Å². The molecule has 0 spiro atoms. The van der Waals surface area contributed by atoms with Crippen LogP contribution in [0, 0.1) is 0 Å². The summed E-state index contributed by atoms with van der Waals surface area (Å²) in [5.74, 6) is 1.88. The van der Waals surface area contributed by atoms with Crippen LogP contribution in [0.4, 0.5) is 0 Å². The summed E-state index contributed by atoms with van der Waals surface area (Å²) in [6.45, 7) is 0. The zero-order valence-electron chi connectivity index (χ0n) is 33.9. The second-order valence-electron chi connectivity index (χ2n) is 16.2. The molecule has 0 amide bonds. The van der Waals surface area contributed by atoms with Crippen molar-refractivity contribution in [1.82, 2.24) is 15.0 Å². The predicted molar refractivity (Wildman–Crippen MR) is 251 cm³/mol. The van der Waals surface area contributed by atoms with E-state index >= 15 is 0 Å². The van der Waals surface area contributed by atoms with E-state index in [1.807, 2.05) is 18.2 Å². The molecule has 9 aromatic carbocycles. The van der Waals surface area contributed by atoms with Crippen molar-refractivity contribution in [2.24, 2.45) is 0 Å². The molecule has 2 aliphatic rings. The van der Waals surface area contributed by atoms with Crippen LogP contribution in [0.15, 0.2) is 237 Å². The number of hydrogen-bond acceptors (Lipinski definition) is 3. The molecule has 0 atom stereocenters. The van der Waals surface area contributed by atoms with Crippen molar-refractivity contribution in [2.75, 3.05) is 0 Å². The van der Waals surface area contributed by atoms with E-state index in [9.17, 15) is 0 Å². The summed E-state index contributed by atoms with van der Waals surface area (Å²) >= 11 is 0. The van der Waals surface area contributed by atoms with Gasteiger partial charge in [0.15, 0.2) is 17.5 Å². The van der Waals surface area contributed by atoms with Gasteiger partial charge in [-0.1, -0.05) is 224 Å². The molecule has 3 heteroatoms. The van der Waals surface area contributed by atoms with Crippen LogP contribution in [-0.2, 0) is 10.8 Å². The minimum absolute atomic E-state index is 0.545. The summed E-state index contributed by atoms with van der Waals surface area (Å²) in [4.78, 5) is 15.9. The molecule has 3 nitrogen and oxygen atoms in total. The zero-order valence-corrected chi connectivity index (χ0v) is 33.9.